The smallest absolute Gasteiger partial charge is 0.309 e. The molecule has 0 heterocycles. The Morgan fingerprint density at radius 1 is 1.41 bits per heavy atom. The molecular formula is C12H20BrNO3. The summed E-state index contributed by atoms with van der Waals surface area (Å²) in [6.07, 6.45) is 1.19. The van der Waals surface area contributed by atoms with Gasteiger partial charge in [-0.05, 0) is 19.8 Å². The summed E-state index contributed by atoms with van der Waals surface area (Å²) < 4.78 is 0. The van der Waals surface area contributed by atoms with Crippen LogP contribution in [-0.4, -0.2) is 41.3 Å². The Kier molecular flexibility index (Phi) is 3.91. The van der Waals surface area contributed by atoms with Gasteiger partial charge in [-0.1, -0.05) is 22.9 Å². The number of carbonyl (C=O) groups excluding carboxylic acids is 1. The molecule has 1 fully saturated rings. The minimum Gasteiger partial charge on any atom is -0.481 e. The van der Waals surface area contributed by atoms with Crippen LogP contribution in [0.1, 0.15) is 26.7 Å². The maximum atomic E-state index is 12.1. The second-order valence-electron chi connectivity index (χ2n) is 5.51. The molecule has 0 aromatic rings. The van der Waals surface area contributed by atoms with E-state index < -0.39 is 16.8 Å². The minimum absolute atomic E-state index is 0.0249. The van der Waals surface area contributed by atoms with Gasteiger partial charge in [0.1, 0.15) is 0 Å². The molecule has 0 unspecified atom stereocenters. The molecule has 3 atom stereocenters. The maximum Gasteiger partial charge on any atom is 0.309 e. The summed E-state index contributed by atoms with van der Waals surface area (Å²) in [5.74, 6) is -1.01. The lowest BCUT2D eigenvalue weighted by Gasteiger charge is -2.40. The molecule has 0 aromatic heterocycles. The fourth-order valence-electron chi connectivity index (χ4n) is 2.72. The Labute approximate surface area is 110 Å². The lowest BCUT2D eigenvalue weighted by atomic mass is 9.65. The summed E-state index contributed by atoms with van der Waals surface area (Å²) in [4.78, 5) is 25.2. The molecule has 17 heavy (non-hydrogen) atoms. The minimum atomic E-state index is -0.840. The van der Waals surface area contributed by atoms with Crippen LogP contribution in [0.5, 0.6) is 0 Å². The zero-order valence-electron chi connectivity index (χ0n) is 10.8. The second-order valence-corrected chi connectivity index (χ2v) is 6.07. The van der Waals surface area contributed by atoms with E-state index in [4.69, 9.17) is 0 Å². The van der Waals surface area contributed by atoms with Gasteiger partial charge in [-0.3, -0.25) is 9.59 Å². The average Bonchev–Trinajstić information content (AvgIpc) is 2.53. The van der Waals surface area contributed by atoms with Crippen LogP contribution in [0.15, 0.2) is 0 Å². The molecule has 1 amide bonds. The lowest BCUT2D eigenvalue weighted by Crippen LogP contribution is -2.48. The topological polar surface area (TPSA) is 57.6 Å². The van der Waals surface area contributed by atoms with Gasteiger partial charge in [0.2, 0.25) is 5.91 Å². The second kappa shape index (κ2) is 4.59. The molecule has 98 valence electrons. The molecule has 0 bridgehead atoms. The largest absolute Gasteiger partial charge is 0.481 e. The first-order valence-corrected chi connectivity index (χ1v) is 6.83. The molecular weight excluding hydrogens is 286 g/mol. The standard InChI is InChI=1S/C12H20BrNO3/c1-11(10(16)17)6-5-8(9(15)14(3)4)12(11,2)7-13/h8H,5-7H2,1-4H3,(H,16,17)/t8-,11-,12+/m0/s1. The number of alkyl halides is 1. The molecule has 1 saturated carbocycles. The SMILES string of the molecule is CN(C)C(=O)[C@@H]1CC[C@@](C)(C(=O)O)[C@]1(C)CBr. The summed E-state index contributed by atoms with van der Waals surface area (Å²) in [7, 11) is 3.43. The van der Waals surface area contributed by atoms with Gasteiger partial charge in [0.25, 0.3) is 0 Å². The zero-order chi connectivity index (χ0) is 13.4. The highest BCUT2D eigenvalue weighted by Gasteiger charge is 2.60. The third-order valence-electron chi connectivity index (χ3n) is 4.45. The van der Waals surface area contributed by atoms with Gasteiger partial charge in [0.05, 0.1) is 5.41 Å². The molecule has 1 N–H and O–H groups in total. The van der Waals surface area contributed by atoms with Crippen LogP contribution in [0.25, 0.3) is 0 Å². The van der Waals surface area contributed by atoms with Crippen molar-refractivity contribution in [2.75, 3.05) is 19.4 Å². The van der Waals surface area contributed by atoms with Crippen LogP contribution in [-0.2, 0) is 9.59 Å². The first-order chi connectivity index (χ1) is 7.70. The number of rotatable bonds is 3. The van der Waals surface area contributed by atoms with Crippen molar-refractivity contribution >= 4 is 27.8 Å². The van der Waals surface area contributed by atoms with E-state index in [0.717, 1.165) is 0 Å². The van der Waals surface area contributed by atoms with E-state index in [1.54, 1.807) is 25.9 Å². The Hall–Kier alpha value is -0.580. The molecule has 1 aliphatic rings. The third-order valence-corrected chi connectivity index (χ3v) is 5.62. The van der Waals surface area contributed by atoms with Crippen molar-refractivity contribution < 1.29 is 14.7 Å². The Morgan fingerprint density at radius 3 is 2.29 bits per heavy atom. The van der Waals surface area contributed by atoms with E-state index in [0.29, 0.717) is 18.2 Å². The van der Waals surface area contributed by atoms with Crippen LogP contribution < -0.4 is 0 Å². The highest BCUT2D eigenvalue weighted by atomic mass is 79.9. The molecule has 1 aliphatic carbocycles. The quantitative estimate of drug-likeness (QED) is 0.811. The average molecular weight is 306 g/mol. The van der Waals surface area contributed by atoms with Crippen molar-refractivity contribution in [1.82, 2.24) is 4.90 Å². The van der Waals surface area contributed by atoms with Crippen molar-refractivity contribution in [2.45, 2.75) is 26.7 Å². The molecule has 4 nitrogen and oxygen atoms in total. The van der Waals surface area contributed by atoms with E-state index in [2.05, 4.69) is 15.9 Å². The molecule has 0 radical (unpaired) electrons. The predicted molar refractivity (Wildman–Crippen MR) is 69.1 cm³/mol. The molecule has 0 saturated heterocycles. The maximum absolute atomic E-state index is 12.1. The number of carboxylic acids is 1. The van der Waals surface area contributed by atoms with Crippen molar-refractivity contribution in [1.29, 1.82) is 0 Å². The van der Waals surface area contributed by atoms with Crippen molar-refractivity contribution in [2.24, 2.45) is 16.7 Å². The van der Waals surface area contributed by atoms with Crippen molar-refractivity contribution in [3.05, 3.63) is 0 Å². The fourth-order valence-corrected chi connectivity index (χ4v) is 3.73. The van der Waals surface area contributed by atoms with E-state index in [1.807, 2.05) is 6.92 Å². The number of carboxylic acid groups (broad SMARTS) is 1. The first kappa shape index (κ1) is 14.5. The van der Waals surface area contributed by atoms with Gasteiger partial charge >= 0.3 is 5.97 Å². The first-order valence-electron chi connectivity index (χ1n) is 5.71. The predicted octanol–water partition coefficient (Wildman–Crippen LogP) is 1.98. The number of hydrogen-bond acceptors (Lipinski definition) is 2. The highest BCUT2D eigenvalue weighted by Crippen LogP contribution is 2.57. The number of amides is 1. The highest BCUT2D eigenvalue weighted by molar-refractivity contribution is 9.09. The van der Waals surface area contributed by atoms with Crippen LogP contribution >= 0.6 is 15.9 Å². The molecule has 0 spiro atoms. The van der Waals surface area contributed by atoms with Gasteiger partial charge in [0, 0.05) is 30.8 Å². The van der Waals surface area contributed by atoms with E-state index in [9.17, 15) is 14.7 Å². The summed E-state index contributed by atoms with van der Waals surface area (Å²) >= 11 is 3.40. The van der Waals surface area contributed by atoms with Crippen molar-refractivity contribution in [3.63, 3.8) is 0 Å². The molecule has 1 rings (SSSR count). The summed E-state index contributed by atoms with van der Waals surface area (Å²) in [6, 6.07) is 0. The normalized spacial score (nSPS) is 36.9. The molecule has 0 aliphatic heterocycles. The molecule has 0 aromatic carbocycles. The summed E-state index contributed by atoms with van der Waals surface area (Å²) in [5.41, 5.74) is -1.38. The van der Waals surface area contributed by atoms with E-state index >= 15 is 0 Å². The van der Waals surface area contributed by atoms with Crippen LogP contribution in [0.3, 0.4) is 0 Å². The monoisotopic (exact) mass is 305 g/mol. The fraction of sp³-hybridized carbons (Fsp3) is 0.833. The summed E-state index contributed by atoms with van der Waals surface area (Å²) in [5, 5.41) is 9.95. The van der Waals surface area contributed by atoms with Crippen LogP contribution in [0.4, 0.5) is 0 Å². The number of halogens is 1. The zero-order valence-corrected chi connectivity index (χ0v) is 12.4. The lowest BCUT2D eigenvalue weighted by molar-refractivity contribution is -0.155. The van der Waals surface area contributed by atoms with Crippen LogP contribution in [0.2, 0.25) is 0 Å². The summed E-state index contributed by atoms with van der Waals surface area (Å²) in [6.45, 7) is 3.65. The van der Waals surface area contributed by atoms with Gasteiger partial charge < -0.3 is 10.0 Å². The molecule has 5 heteroatoms. The van der Waals surface area contributed by atoms with E-state index in [-0.39, 0.29) is 11.8 Å². The third kappa shape index (κ3) is 1.98. The van der Waals surface area contributed by atoms with Gasteiger partial charge in [-0.25, -0.2) is 0 Å². The van der Waals surface area contributed by atoms with Gasteiger partial charge in [-0.2, -0.15) is 0 Å². The van der Waals surface area contributed by atoms with Crippen molar-refractivity contribution in [3.8, 4) is 0 Å². The Bertz CT molecular complexity index is 345. The Balaban J connectivity index is 3.15. The van der Waals surface area contributed by atoms with E-state index in [1.165, 1.54) is 0 Å². The number of aliphatic carboxylic acids is 1. The van der Waals surface area contributed by atoms with Crippen LogP contribution in [0, 0.1) is 16.7 Å². The number of nitrogens with zero attached hydrogens (tertiary/aromatic N) is 1. The Morgan fingerprint density at radius 2 is 1.94 bits per heavy atom. The van der Waals surface area contributed by atoms with Gasteiger partial charge in [0.15, 0.2) is 0 Å². The number of carbonyl (C=O) groups is 2. The number of hydrogen-bond donors (Lipinski definition) is 1. The van der Waals surface area contributed by atoms with Gasteiger partial charge in [-0.15, -0.1) is 0 Å².